The molecule has 0 saturated carbocycles. The number of ether oxygens (including phenoxy) is 1. The lowest BCUT2D eigenvalue weighted by atomic mass is 10.1. The van der Waals surface area contributed by atoms with Gasteiger partial charge in [-0.15, -0.1) is 0 Å². The molecule has 5 heteroatoms. The third-order valence-corrected chi connectivity index (χ3v) is 4.05. The Labute approximate surface area is 139 Å². The molecule has 0 unspecified atom stereocenters. The molecule has 1 heterocycles. The zero-order chi connectivity index (χ0) is 16.4. The van der Waals surface area contributed by atoms with Crippen molar-refractivity contribution in [3.63, 3.8) is 0 Å². The molecular weight excluding hydrogens is 315 g/mol. The number of hydrogen-bond acceptors (Lipinski definition) is 3. The van der Waals surface area contributed by atoms with E-state index < -0.39 is 0 Å². The van der Waals surface area contributed by atoms with Crippen LogP contribution >= 0.6 is 11.6 Å². The Balaban J connectivity index is 2.00. The average molecular weight is 331 g/mol. The van der Waals surface area contributed by atoms with Crippen LogP contribution in [0, 0.1) is 5.82 Å². The maximum atomic E-state index is 14.1. The summed E-state index contributed by atoms with van der Waals surface area (Å²) in [6.07, 6.45) is 1.60. The van der Waals surface area contributed by atoms with E-state index in [0.717, 1.165) is 16.6 Å². The molecule has 0 saturated heterocycles. The first-order chi connectivity index (χ1) is 11.1. The Morgan fingerprint density at radius 2 is 2.00 bits per heavy atom. The molecule has 0 aliphatic rings. The molecule has 0 amide bonds. The highest BCUT2D eigenvalue weighted by atomic mass is 35.5. The molecule has 3 aromatic rings. The lowest BCUT2D eigenvalue weighted by molar-refractivity contribution is 0.412. The number of anilines is 1. The summed E-state index contributed by atoms with van der Waals surface area (Å²) in [6, 6.07) is 12.1. The van der Waals surface area contributed by atoms with Crippen molar-refractivity contribution in [2.45, 2.75) is 13.0 Å². The van der Waals surface area contributed by atoms with Crippen LogP contribution in [-0.2, 0) is 0 Å². The Hall–Kier alpha value is -2.33. The first kappa shape index (κ1) is 15.6. The summed E-state index contributed by atoms with van der Waals surface area (Å²) in [5, 5.41) is 4.69. The monoisotopic (exact) mass is 330 g/mol. The fourth-order valence-electron chi connectivity index (χ4n) is 2.54. The van der Waals surface area contributed by atoms with Gasteiger partial charge < -0.3 is 10.1 Å². The third kappa shape index (κ3) is 3.08. The van der Waals surface area contributed by atoms with Crippen molar-refractivity contribution in [3.05, 3.63) is 65.1 Å². The van der Waals surface area contributed by atoms with E-state index in [4.69, 9.17) is 16.3 Å². The molecule has 0 fully saturated rings. The maximum absolute atomic E-state index is 14.1. The number of methoxy groups -OCH3 is 1. The van der Waals surface area contributed by atoms with E-state index in [2.05, 4.69) is 10.3 Å². The predicted molar refractivity (Wildman–Crippen MR) is 91.7 cm³/mol. The van der Waals surface area contributed by atoms with E-state index in [-0.39, 0.29) is 11.9 Å². The third-order valence-electron chi connectivity index (χ3n) is 3.76. The minimum atomic E-state index is -0.291. The molecule has 3 rings (SSSR count). The van der Waals surface area contributed by atoms with Gasteiger partial charge in [0.15, 0.2) is 0 Å². The van der Waals surface area contributed by atoms with E-state index in [1.54, 1.807) is 25.4 Å². The summed E-state index contributed by atoms with van der Waals surface area (Å²) in [5.41, 5.74) is 2.09. The van der Waals surface area contributed by atoms with Crippen molar-refractivity contribution >= 4 is 28.2 Å². The summed E-state index contributed by atoms with van der Waals surface area (Å²) in [6.45, 7) is 1.88. The minimum absolute atomic E-state index is 0.284. The van der Waals surface area contributed by atoms with Crippen molar-refractivity contribution in [2.75, 3.05) is 12.4 Å². The van der Waals surface area contributed by atoms with Gasteiger partial charge in [0.2, 0.25) is 0 Å². The smallest absolute Gasteiger partial charge is 0.128 e. The van der Waals surface area contributed by atoms with Gasteiger partial charge in [-0.3, -0.25) is 4.98 Å². The molecule has 1 N–H and O–H groups in total. The van der Waals surface area contributed by atoms with Crippen molar-refractivity contribution in [1.29, 1.82) is 0 Å². The quantitative estimate of drug-likeness (QED) is 0.713. The Morgan fingerprint density at radius 3 is 2.78 bits per heavy atom. The van der Waals surface area contributed by atoms with Crippen LogP contribution in [0.2, 0.25) is 5.02 Å². The Kier molecular flexibility index (Phi) is 4.35. The number of para-hydroxylation sites is 1. The summed E-state index contributed by atoms with van der Waals surface area (Å²) in [4.78, 5) is 4.30. The summed E-state index contributed by atoms with van der Waals surface area (Å²) in [7, 11) is 1.56. The van der Waals surface area contributed by atoms with Crippen LogP contribution in [0.15, 0.2) is 48.7 Å². The van der Waals surface area contributed by atoms with Gasteiger partial charge in [0.25, 0.3) is 0 Å². The Bertz CT molecular complexity index is 854. The molecule has 0 radical (unpaired) electrons. The largest absolute Gasteiger partial charge is 0.497 e. The highest BCUT2D eigenvalue weighted by Gasteiger charge is 2.15. The number of nitrogens with one attached hydrogen (secondary N) is 1. The highest BCUT2D eigenvalue weighted by Crippen LogP contribution is 2.33. The molecule has 0 bridgehead atoms. The fraction of sp³-hybridized carbons (Fsp3) is 0.167. The molecular formula is C18H16ClFN2O. The molecule has 23 heavy (non-hydrogen) atoms. The zero-order valence-electron chi connectivity index (χ0n) is 12.8. The SMILES string of the molecule is COc1ccc(F)c([C@@H](C)Nc2c(Cl)cnc3ccccc23)c1. The number of pyridine rings is 1. The number of rotatable bonds is 4. The van der Waals surface area contributed by atoms with E-state index in [1.807, 2.05) is 31.2 Å². The van der Waals surface area contributed by atoms with Gasteiger partial charge in [0.05, 0.1) is 29.4 Å². The average Bonchev–Trinajstić information content (AvgIpc) is 2.57. The van der Waals surface area contributed by atoms with Gasteiger partial charge in [0.1, 0.15) is 11.6 Å². The first-order valence-corrected chi connectivity index (χ1v) is 7.61. The van der Waals surface area contributed by atoms with E-state index >= 15 is 0 Å². The van der Waals surface area contributed by atoms with Crippen LogP contribution in [0.1, 0.15) is 18.5 Å². The number of halogens is 2. The maximum Gasteiger partial charge on any atom is 0.128 e. The van der Waals surface area contributed by atoms with Gasteiger partial charge in [-0.25, -0.2) is 4.39 Å². The summed E-state index contributed by atoms with van der Waals surface area (Å²) in [5.74, 6) is 0.320. The van der Waals surface area contributed by atoms with Gasteiger partial charge in [-0.2, -0.15) is 0 Å². The van der Waals surface area contributed by atoms with Crippen LogP contribution < -0.4 is 10.1 Å². The standard InChI is InChI=1S/C18H16ClFN2O/c1-11(14-9-12(23-2)7-8-16(14)20)22-18-13-5-3-4-6-17(13)21-10-15(18)19/h3-11H,1-2H3,(H,21,22)/t11-/m1/s1. The Morgan fingerprint density at radius 1 is 1.22 bits per heavy atom. The van der Waals surface area contributed by atoms with Crippen LogP contribution in [0.25, 0.3) is 10.9 Å². The molecule has 0 aliphatic carbocycles. The van der Waals surface area contributed by atoms with Gasteiger partial charge in [-0.1, -0.05) is 29.8 Å². The summed E-state index contributed by atoms with van der Waals surface area (Å²) >= 11 is 6.29. The van der Waals surface area contributed by atoms with E-state index in [9.17, 15) is 4.39 Å². The van der Waals surface area contributed by atoms with E-state index in [0.29, 0.717) is 16.3 Å². The number of nitrogens with zero attached hydrogens (tertiary/aromatic N) is 1. The molecule has 0 spiro atoms. The normalized spacial score (nSPS) is 12.2. The number of benzene rings is 2. The second kappa shape index (κ2) is 6.42. The lowest BCUT2D eigenvalue weighted by Crippen LogP contribution is -2.10. The zero-order valence-corrected chi connectivity index (χ0v) is 13.6. The second-order valence-corrected chi connectivity index (χ2v) is 5.66. The van der Waals surface area contributed by atoms with Crippen molar-refractivity contribution < 1.29 is 9.13 Å². The lowest BCUT2D eigenvalue weighted by Gasteiger charge is -2.19. The van der Waals surface area contributed by atoms with Crippen LogP contribution in [-0.4, -0.2) is 12.1 Å². The van der Waals surface area contributed by atoms with Crippen molar-refractivity contribution in [1.82, 2.24) is 4.98 Å². The second-order valence-electron chi connectivity index (χ2n) is 5.25. The molecule has 2 aromatic carbocycles. The minimum Gasteiger partial charge on any atom is -0.497 e. The van der Waals surface area contributed by atoms with Gasteiger partial charge >= 0.3 is 0 Å². The molecule has 1 aromatic heterocycles. The summed E-state index contributed by atoms with van der Waals surface area (Å²) < 4.78 is 19.3. The fourth-order valence-corrected chi connectivity index (χ4v) is 2.74. The highest BCUT2D eigenvalue weighted by molar-refractivity contribution is 6.34. The molecule has 3 nitrogen and oxygen atoms in total. The first-order valence-electron chi connectivity index (χ1n) is 7.23. The van der Waals surface area contributed by atoms with Crippen molar-refractivity contribution in [3.8, 4) is 5.75 Å². The predicted octanol–water partition coefficient (Wildman–Crippen LogP) is 5.21. The topological polar surface area (TPSA) is 34.1 Å². The molecule has 1 atom stereocenters. The van der Waals surface area contributed by atoms with Gasteiger partial charge in [-0.05, 0) is 31.2 Å². The van der Waals surface area contributed by atoms with Crippen molar-refractivity contribution in [2.24, 2.45) is 0 Å². The van der Waals surface area contributed by atoms with Gasteiger partial charge in [0, 0.05) is 17.1 Å². The molecule has 118 valence electrons. The van der Waals surface area contributed by atoms with Crippen LogP contribution in [0.5, 0.6) is 5.75 Å². The van der Waals surface area contributed by atoms with E-state index in [1.165, 1.54) is 6.07 Å². The number of fused-ring (bicyclic) bond motifs is 1. The van der Waals surface area contributed by atoms with Crippen LogP contribution in [0.3, 0.4) is 0 Å². The van der Waals surface area contributed by atoms with Crippen LogP contribution in [0.4, 0.5) is 10.1 Å². The number of hydrogen-bond donors (Lipinski definition) is 1. The number of aromatic nitrogens is 1. The molecule has 0 aliphatic heterocycles.